The van der Waals surface area contributed by atoms with E-state index in [9.17, 15) is 4.79 Å². The molecular weight excluding hydrogens is 404 g/mol. The van der Waals surface area contributed by atoms with Gasteiger partial charge in [-0.2, -0.15) is 0 Å². The van der Waals surface area contributed by atoms with E-state index in [1.807, 2.05) is 31.2 Å². The van der Waals surface area contributed by atoms with Crippen LogP contribution in [0.1, 0.15) is 43.5 Å². The summed E-state index contributed by atoms with van der Waals surface area (Å²) in [6.07, 6.45) is 1.05. The van der Waals surface area contributed by atoms with Gasteiger partial charge in [-0.05, 0) is 38.5 Å². The number of guanidine groups is 1. The zero-order chi connectivity index (χ0) is 23.1. The topological polar surface area (TPSA) is 75.2 Å². The number of nitrogens with zero attached hydrogens (tertiary/aromatic N) is 2. The van der Waals surface area contributed by atoms with Gasteiger partial charge in [0.1, 0.15) is 17.6 Å². The van der Waals surface area contributed by atoms with E-state index in [2.05, 4.69) is 42.7 Å². The van der Waals surface area contributed by atoms with E-state index < -0.39 is 0 Å². The molecule has 0 fully saturated rings. The average molecular weight is 439 g/mol. The largest absolute Gasteiger partial charge is 0.494 e. The fourth-order valence-corrected chi connectivity index (χ4v) is 3.56. The van der Waals surface area contributed by atoms with Crippen LogP contribution < -0.4 is 20.1 Å². The Morgan fingerprint density at radius 1 is 1.28 bits per heavy atom. The first-order chi connectivity index (χ1) is 15.4. The Morgan fingerprint density at radius 2 is 2.03 bits per heavy atom. The number of benzene rings is 2. The molecule has 1 aliphatic heterocycles. The molecule has 1 heterocycles. The van der Waals surface area contributed by atoms with Crippen molar-refractivity contribution in [3.05, 3.63) is 59.2 Å². The molecule has 1 amide bonds. The number of hydrogen-bond donors (Lipinski definition) is 2. The summed E-state index contributed by atoms with van der Waals surface area (Å²) >= 11 is 0. The number of carbonyl (C=O) groups is 1. The van der Waals surface area contributed by atoms with Crippen LogP contribution in [0, 0.1) is 0 Å². The maximum atomic E-state index is 12.1. The highest BCUT2D eigenvalue weighted by atomic mass is 16.5. The molecule has 7 nitrogen and oxygen atoms in total. The van der Waals surface area contributed by atoms with Crippen LogP contribution in [0.3, 0.4) is 0 Å². The van der Waals surface area contributed by atoms with Gasteiger partial charge in [0, 0.05) is 31.6 Å². The molecule has 0 spiro atoms. The Balaban J connectivity index is 1.81. The minimum atomic E-state index is -0.0261. The predicted molar refractivity (Wildman–Crippen MR) is 127 cm³/mol. The Labute approximate surface area is 190 Å². The molecule has 3 rings (SSSR count). The fourth-order valence-electron chi connectivity index (χ4n) is 3.56. The van der Waals surface area contributed by atoms with Crippen molar-refractivity contribution in [1.29, 1.82) is 0 Å². The molecule has 2 aromatic carbocycles. The molecule has 1 aliphatic rings. The summed E-state index contributed by atoms with van der Waals surface area (Å²) in [5.41, 5.74) is 3.25. The first kappa shape index (κ1) is 23.4. The lowest BCUT2D eigenvalue weighted by molar-refractivity contribution is -0.127. The molecule has 0 aromatic heterocycles. The van der Waals surface area contributed by atoms with Crippen molar-refractivity contribution in [3.63, 3.8) is 0 Å². The normalized spacial score (nSPS) is 16.0. The van der Waals surface area contributed by atoms with Crippen molar-refractivity contribution in [1.82, 2.24) is 15.5 Å². The fraction of sp³-hybridized carbons (Fsp3) is 0.440. The summed E-state index contributed by atoms with van der Waals surface area (Å²) in [6.45, 7) is 7.24. The van der Waals surface area contributed by atoms with Crippen LogP contribution in [0.5, 0.6) is 11.5 Å². The number of hydrogen-bond acceptors (Lipinski definition) is 4. The Bertz CT molecular complexity index is 944. The molecule has 0 saturated heterocycles. The van der Waals surface area contributed by atoms with E-state index in [-0.39, 0.29) is 24.6 Å². The van der Waals surface area contributed by atoms with E-state index in [1.165, 1.54) is 5.56 Å². The summed E-state index contributed by atoms with van der Waals surface area (Å²) in [4.78, 5) is 18.4. The number of rotatable bonds is 8. The van der Waals surface area contributed by atoms with Crippen LogP contribution in [0.15, 0.2) is 47.5 Å². The predicted octanol–water partition coefficient (Wildman–Crippen LogP) is 3.29. The highest BCUT2D eigenvalue weighted by molar-refractivity contribution is 5.86. The van der Waals surface area contributed by atoms with E-state index in [0.717, 1.165) is 29.0 Å². The molecular formula is C25H34N4O3. The van der Waals surface area contributed by atoms with Crippen molar-refractivity contribution in [2.75, 3.05) is 27.2 Å². The van der Waals surface area contributed by atoms with Gasteiger partial charge in [-0.15, -0.1) is 0 Å². The van der Waals surface area contributed by atoms with Crippen LogP contribution in [0.25, 0.3) is 0 Å². The highest BCUT2D eigenvalue weighted by Crippen LogP contribution is 2.35. The van der Waals surface area contributed by atoms with Crippen LogP contribution >= 0.6 is 0 Å². The van der Waals surface area contributed by atoms with Gasteiger partial charge >= 0.3 is 0 Å². The molecule has 7 heteroatoms. The van der Waals surface area contributed by atoms with Crippen LogP contribution in [0.4, 0.5) is 0 Å². The third kappa shape index (κ3) is 6.15. The molecule has 32 heavy (non-hydrogen) atoms. The molecule has 2 N–H and O–H groups in total. The first-order valence-corrected chi connectivity index (χ1v) is 11.1. The van der Waals surface area contributed by atoms with Crippen LogP contribution in [-0.2, 0) is 17.8 Å². The minimum Gasteiger partial charge on any atom is -0.494 e. The van der Waals surface area contributed by atoms with E-state index in [4.69, 9.17) is 14.5 Å². The highest BCUT2D eigenvalue weighted by Gasteiger charge is 2.22. The van der Waals surface area contributed by atoms with Gasteiger partial charge in [-0.1, -0.05) is 30.3 Å². The molecule has 0 bridgehead atoms. The van der Waals surface area contributed by atoms with Crippen molar-refractivity contribution in [2.45, 2.75) is 45.9 Å². The van der Waals surface area contributed by atoms with Gasteiger partial charge in [-0.3, -0.25) is 4.79 Å². The van der Waals surface area contributed by atoms with Crippen molar-refractivity contribution in [3.8, 4) is 11.5 Å². The number of aliphatic imine (C=N–C) groups is 1. The van der Waals surface area contributed by atoms with Gasteiger partial charge < -0.3 is 25.0 Å². The first-order valence-electron chi connectivity index (χ1n) is 11.1. The van der Waals surface area contributed by atoms with Crippen molar-refractivity contribution < 1.29 is 14.3 Å². The van der Waals surface area contributed by atoms with Gasteiger partial charge in [0.05, 0.1) is 25.7 Å². The van der Waals surface area contributed by atoms with Gasteiger partial charge in [0.2, 0.25) is 5.91 Å². The zero-order valence-corrected chi connectivity index (χ0v) is 19.6. The van der Waals surface area contributed by atoms with E-state index in [1.54, 1.807) is 19.0 Å². The smallest absolute Gasteiger partial charge is 0.241 e. The van der Waals surface area contributed by atoms with Crippen LogP contribution in [0.2, 0.25) is 0 Å². The maximum absolute atomic E-state index is 12.1. The summed E-state index contributed by atoms with van der Waals surface area (Å²) in [7, 11) is 3.47. The Kier molecular flexibility index (Phi) is 7.98. The van der Waals surface area contributed by atoms with E-state index in [0.29, 0.717) is 19.1 Å². The quantitative estimate of drug-likeness (QED) is 0.489. The Morgan fingerprint density at radius 3 is 2.72 bits per heavy atom. The lowest BCUT2D eigenvalue weighted by atomic mass is 10.1. The third-order valence-electron chi connectivity index (χ3n) is 5.35. The molecule has 2 atom stereocenters. The van der Waals surface area contributed by atoms with Gasteiger partial charge in [0.25, 0.3) is 0 Å². The standard InChI is InChI=1S/C25H34N4O3/c1-6-31-22-13-20-12-17(2)32-23(20)14-21(22)15-26-25(27-16-24(30)29(4)5)28-18(3)19-10-8-7-9-11-19/h7-11,13-14,17-18H,6,12,15-16H2,1-5H3,(H2,26,27,28). The second-order valence-corrected chi connectivity index (χ2v) is 8.22. The lowest BCUT2D eigenvalue weighted by Gasteiger charge is -2.20. The molecule has 172 valence electrons. The summed E-state index contributed by atoms with van der Waals surface area (Å²) in [5.74, 6) is 2.26. The third-order valence-corrected chi connectivity index (χ3v) is 5.35. The maximum Gasteiger partial charge on any atom is 0.241 e. The number of fused-ring (bicyclic) bond motifs is 1. The Hall–Kier alpha value is -3.22. The molecule has 0 saturated carbocycles. The van der Waals surface area contributed by atoms with Crippen molar-refractivity contribution in [2.24, 2.45) is 4.99 Å². The number of amides is 1. The summed E-state index contributed by atoms with van der Waals surface area (Å²) < 4.78 is 11.8. The van der Waals surface area contributed by atoms with E-state index >= 15 is 0 Å². The SMILES string of the molecule is CCOc1cc2c(cc1CN=C(NCC(=O)N(C)C)NC(C)c1ccccc1)OC(C)C2. The number of ether oxygens (including phenoxy) is 2. The average Bonchev–Trinajstić information content (AvgIpc) is 3.14. The zero-order valence-electron chi connectivity index (χ0n) is 19.6. The second-order valence-electron chi connectivity index (χ2n) is 8.22. The van der Waals surface area contributed by atoms with Crippen LogP contribution in [-0.4, -0.2) is 50.1 Å². The number of carbonyl (C=O) groups excluding carboxylic acids is 1. The summed E-state index contributed by atoms with van der Waals surface area (Å²) in [6, 6.07) is 14.2. The number of nitrogens with one attached hydrogen (secondary N) is 2. The monoisotopic (exact) mass is 438 g/mol. The second kappa shape index (κ2) is 10.9. The minimum absolute atomic E-state index is 0.0208. The molecule has 0 radical (unpaired) electrons. The lowest BCUT2D eigenvalue weighted by Crippen LogP contribution is -2.43. The molecule has 0 aliphatic carbocycles. The van der Waals surface area contributed by atoms with Crippen molar-refractivity contribution >= 4 is 11.9 Å². The van der Waals surface area contributed by atoms with Gasteiger partial charge in [0.15, 0.2) is 5.96 Å². The van der Waals surface area contributed by atoms with Gasteiger partial charge in [-0.25, -0.2) is 4.99 Å². The number of likely N-dealkylation sites (N-methyl/N-ethyl adjacent to an activating group) is 1. The molecule has 2 aromatic rings. The molecule has 2 unspecified atom stereocenters. The summed E-state index contributed by atoms with van der Waals surface area (Å²) in [5, 5.41) is 6.56.